The molecule has 20 heavy (non-hydrogen) atoms. The van der Waals surface area contributed by atoms with E-state index in [-0.39, 0.29) is 5.91 Å². The lowest BCUT2D eigenvalue weighted by atomic mass is 10.2. The predicted octanol–water partition coefficient (Wildman–Crippen LogP) is 2.76. The molecule has 1 aliphatic rings. The molecule has 4 nitrogen and oxygen atoms in total. The van der Waals surface area contributed by atoms with Crippen LogP contribution in [0.15, 0.2) is 24.3 Å². The summed E-state index contributed by atoms with van der Waals surface area (Å²) in [6.07, 6.45) is 1.60. The van der Waals surface area contributed by atoms with Gasteiger partial charge in [-0.3, -0.25) is 4.79 Å². The summed E-state index contributed by atoms with van der Waals surface area (Å²) < 4.78 is 0. The highest BCUT2D eigenvalue weighted by Gasteiger charge is 2.21. The average Bonchev–Trinajstić information content (AvgIpc) is 2.84. The molecule has 1 saturated heterocycles. The van der Waals surface area contributed by atoms with E-state index in [4.69, 9.17) is 12.2 Å². The van der Waals surface area contributed by atoms with Gasteiger partial charge < -0.3 is 15.5 Å². The first-order valence-electron chi connectivity index (χ1n) is 7.01. The average molecular weight is 291 g/mol. The van der Waals surface area contributed by atoms with Gasteiger partial charge in [-0.25, -0.2) is 0 Å². The maximum absolute atomic E-state index is 11.7. The van der Waals surface area contributed by atoms with Crippen molar-refractivity contribution in [1.82, 2.24) is 5.32 Å². The molecule has 5 heteroatoms. The van der Waals surface area contributed by atoms with Gasteiger partial charge in [0.1, 0.15) is 0 Å². The number of hydrogen-bond donors (Lipinski definition) is 2. The first kappa shape index (κ1) is 14.8. The van der Waals surface area contributed by atoms with E-state index in [1.807, 2.05) is 29.2 Å². The van der Waals surface area contributed by atoms with Crippen LogP contribution in [0.25, 0.3) is 0 Å². The molecule has 0 saturated carbocycles. The van der Waals surface area contributed by atoms with E-state index >= 15 is 0 Å². The van der Waals surface area contributed by atoms with Gasteiger partial charge in [0.05, 0.1) is 0 Å². The molecular formula is C15H21N3OS. The van der Waals surface area contributed by atoms with Crippen LogP contribution in [0.3, 0.4) is 0 Å². The minimum absolute atomic E-state index is 0.208. The number of hydrogen-bond acceptors (Lipinski definition) is 2. The summed E-state index contributed by atoms with van der Waals surface area (Å²) in [5.41, 5.74) is 1.89. The largest absolute Gasteiger partial charge is 0.362 e. The zero-order valence-corrected chi connectivity index (χ0v) is 12.8. The van der Waals surface area contributed by atoms with Crippen LogP contribution in [0.5, 0.6) is 0 Å². The van der Waals surface area contributed by atoms with Crippen molar-refractivity contribution in [3.05, 3.63) is 24.3 Å². The zero-order valence-electron chi connectivity index (χ0n) is 12.0. The Morgan fingerprint density at radius 2 is 2.05 bits per heavy atom. The molecule has 1 fully saturated rings. The first-order valence-corrected chi connectivity index (χ1v) is 7.42. The number of nitrogens with one attached hydrogen (secondary N) is 2. The number of nitrogens with zero attached hydrogens (tertiary/aromatic N) is 1. The van der Waals surface area contributed by atoms with Gasteiger partial charge in [0.15, 0.2) is 5.11 Å². The molecule has 2 N–H and O–H groups in total. The second kappa shape index (κ2) is 6.70. The summed E-state index contributed by atoms with van der Waals surface area (Å²) in [5, 5.41) is 6.93. The van der Waals surface area contributed by atoms with Crippen LogP contribution < -0.4 is 15.5 Å². The molecule has 0 radical (unpaired) electrons. The molecule has 2 rings (SSSR count). The van der Waals surface area contributed by atoms with Gasteiger partial charge in [0.25, 0.3) is 0 Å². The number of rotatable bonds is 4. The Morgan fingerprint density at radius 3 is 2.60 bits per heavy atom. The third kappa shape index (κ3) is 3.93. The lowest BCUT2D eigenvalue weighted by Crippen LogP contribution is -2.31. The molecule has 1 aromatic carbocycles. The number of benzene rings is 1. The number of amides is 1. The van der Waals surface area contributed by atoms with Crippen LogP contribution in [0.2, 0.25) is 0 Å². The van der Waals surface area contributed by atoms with Crippen molar-refractivity contribution in [1.29, 1.82) is 0 Å². The molecule has 1 aliphatic heterocycles. The van der Waals surface area contributed by atoms with E-state index in [9.17, 15) is 4.79 Å². The second-order valence-electron chi connectivity index (χ2n) is 5.42. The fraction of sp³-hybridized carbons (Fsp3) is 0.467. The number of anilines is 2. The molecule has 0 spiro atoms. The molecule has 0 aliphatic carbocycles. The summed E-state index contributed by atoms with van der Waals surface area (Å²) >= 11 is 5.23. The van der Waals surface area contributed by atoms with Gasteiger partial charge in [-0.2, -0.15) is 0 Å². The van der Waals surface area contributed by atoms with E-state index in [0.29, 0.717) is 17.5 Å². The maximum atomic E-state index is 11.7. The van der Waals surface area contributed by atoms with E-state index in [0.717, 1.165) is 30.9 Å². The second-order valence-corrected chi connectivity index (χ2v) is 5.83. The third-order valence-corrected chi connectivity index (χ3v) is 3.43. The Bertz CT molecular complexity index is 484. The molecule has 1 amide bonds. The summed E-state index contributed by atoms with van der Waals surface area (Å²) in [7, 11) is 0. The molecule has 108 valence electrons. The quantitative estimate of drug-likeness (QED) is 0.837. The standard InChI is InChI=1S/C15H21N3OS/c1-11(2)10-16-15(20)17-12-5-7-13(8-6-12)18-9-3-4-14(18)19/h5-8,11H,3-4,9-10H2,1-2H3,(H2,16,17,20). The van der Waals surface area contributed by atoms with Crippen molar-refractivity contribution >= 4 is 34.6 Å². The van der Waals surface area contributed by atoms with Crippen molar-refractivity contribution in [3.8, 4) is 0 Å². The van der Waals surface area contributed by atoms with Crippen molar-refractivity contribution in [3.63, 3.8) is 0 Å². The molecule has 0 aromatic heterocycles. The first-order chi connectivity index (χ1) is 9.56. The van der Waals surface area contributed by atoms with Crippen molar-refractivity contribution in [2.45, 2.75) is 26.7 Å². The fourth-order valence-corrected chi connectivity index (χ4v) is 2.32. The Kier molecular flexibility index (Phi) is 4.95. The molecule has 1 heterocycles. The van der Waals surface area contributed by atoms with Gasteiger partial charge in [0.2, 0.25) is 5.91 Å². The van der Waals surface area contributed by atoms with Gasteiger partial charge >= 0.3 is 0 Å². The summed E-state index contributed by atoms with van der Waals surface area (Å²) in [4.78, 5) is 13.5. The lowest BCUT2D eigenvalue weighted by Gasteiger charge is -2.17. The Hall–Kier alpha value is -1.62. The SMILES string of the molecule is CC(C)CNC(=S)Nc1ccc(N2CCCC2=O)cc1. The molecule has 0 atom stereocenters. The summed E-state index contributed by atoms with van der Waals surface area (Å²) in [6, 6.07) is 7.81. The lowest BCUT2D eigenvalue weighted by molar-refractivity contribution is -0.117. The third-order valence-electron chi connectivity index (χ3n) is 3.18. The minimum Gasteiger partial charge on any atom is -0.362 e. The highest BCUT2D eigenvalue weighted by atomic mass is 32.1. The fourth-order valence-electron chi connectivity index (χ4n) is 2.12. The van der Waals surface area contributed by atoms with Crippen molar-refractivity contribution < 1.29 is 4.79 Å². The molecule has 0 unspecified atom stereocenters. The Labute approximate surface area is 125 Å². The Morgan fingerprint density at radius 1 is 1.35 bits per heavy atom. The van der Waals surface area contributed by atoms with Crippen LogP contribution in [0, 0.1) is 5.92 Å². The van der Waals surface area contributed by atoms with Crippen molar-refractivity contribution in [2.24, 2.45) is 5.92 Å². The van der Waals surface area contributed by atoms with Crippen LogP contribution in [-0.2, 0) is 4.79 Å². The summed E-state index contributed by atoms with van der Waals surface area (Å²) in [6.45, 7) is 5.95. The topological polar surface area (TPSA) is 44.4 Å². The van der Waals surface area contributed by atoms with E-state index in [1.54, 1.807) is 0 Å². The molecule has 1 aromatic rings. The molecular weight excluding hydrogens is 270 g/mol. The van der Waals surface area contributed by atoms with Crippen LogP contribution in [-0.4, -0.2) is 24.1 Å². The van der Waals surface area contributed by atoms with E-state index in [2.05, 4.69) is 24.5 Å². The van der Waals surface area contributed by atoms with Gasteiger partial charge in [0, 0.05) is 30.9 Å². The smallest absolute Gasteiger partial charge is 0.227 e. The summed E-state index contributed by atoms with van der Waals surface area (Å²) in [5.74, 6) is 0.762. The van der Waals surface area contributed by atoms with Crippen LogP contribution >= 0.6 is 12.2 Å². The minimum atomic E-state index is 0.208. The number of carbonyl (C=O) groups is 1. The predicted molar refractivity (Wildman–Crippen MR) is 87.1 cm³/mol. The van der Waals surface area contributed by atoms with Gasteiger partial charge in [-0.1, -0.05) is 13.8 Å². The highest BCUT2D eigenvalue weighted by molar-refractivity contribution is 7.80. The van der Waals surface area contributed by atoms with Crippen molar-refractivity contribution in [2.75, 3.05) is 23.3 Å². The normalized spacial score (nSPS) is 14.8. The number of carbonyl (C=O) groups excluding carboxylic acids is 1. The van der Waals surface area contributed by atoms with E-state index < -0.39 is 0 Å². The Balaban J connectivity index is 1.91. The number of thiocarbonyl (C=S) groups is 1. The van der Waals surface area contributed by atoms with Crippen LogP contribution in [0.1, 0.15) is 26.7 Å². The van der Waals surface area contributed by atoms with E-state index in [1.165, 1.54) is 0 Å². The van der Waals surface area contributed by atoms with Crippen LogP contribution in [0.4, 0.5) is 11.4 Å². The molecule has 0 bridgehead atoms. The van der Waals surface area contributed by atoms with Gasteiger partial charge in [-0.15, -0.1) is 0 Å². The van der Waals surface area contributed by atoms with Gasteiger partial charge in [-0.05, 0) is 48.8 Å². The maximum Gasteiger partial charge on any atom is 0.227 e. The zero-order chi connectivity index (χ0) is 14.5. The highest BCUT2D eigenvalue weighted by Crippen LogP contribution is 2.22. The monoisotopic (exact) mass is 291 g/mol.